The van der Waals surface area contributed by atoms with Crippen molar-refractivity contribution in [3.05, 3.63) is 101 Å². The summed E-state index contributed by atoms with van der Waals surface area (Å²) in [6, 6.07) is 20.7. The summed E-state index contributed by atoms with van der Waals surface area (Å²) in [6.07, 6.45) is 1.48. The summed E-state index contributed by atoms with van der Waals surface area (Å²) in [5.41, 5.74) is 0.0935. The quantitative estimate of drug-likeness (QED) is 0.497. The van der Waals surface area contributed by atoms with Crippen LogP contribution < -0.4 is 10.9 Å². The first-order valence-corrected chi connectivity index (χ1v) is 9.29. The van der Waals surface area contributed by atoms with Crippen molar-refractivity contribution in [1.82, 2.24) is 4.90 Å². The van der Waals surface area contributed by atoms with Crippen molar-refractivity contribution in [3.8, 4) is 0 Å². The second-order valence-corrected chi connectivity index (χ2v) is 6.64. The van der Waals surface area contributed by atoms with Gasteiger partial charge < -0.3 is 19.1 Å². The third-order valence-corrected chi connectivity index (χ3v) is 4.48. The summed E-state index contributed by atoms with van der Waals surface area (Å²) >= 11 is 0. The average molecular weight is 402 g/mol. The van der Waals surface area contributed by atoms with Crippen LogP contribution in [0.2, 0.25) is 0 Å². The molecule has 150 valence electrons. The van der Waals surface area contributed by atoms with E-state index in [1.54, 1.807) is 60.7 Å². The van der Waals surface area contributed by atoms with Crippen LogP contribution in [0.25, 0.3) is 11.0 Å². The highest BCUT2D eigenvalue weighted by molar-refractivity contribution is 6.00. The van der Waals surface area contributed by atoms with Crippen LogP contribution >= 0.6 is 0 Å². The van der Waals surface area contributed by atoms with Gasteiger partial charge >= 0.3 is 5.63 Å². The van der Waals surface area contributed by atoms with E-state index in [4.69, 9.17) is 8.83 Å². The van der Waals surface area contributed by atoms with Crippen molar-refractivity contribution in [2.45, 2.75) is 6.54 Å². The number of para-hydroxylation sites is 2. The fourth-order valence-electron chi connectivity index (χ4n) is 3.07. The summed E-state index contributed by atoms with van der Waals surface area (Å²) in [6.45, 7) is -0.235. The van der Waals surface area contributed by atoms with Gasteiger partial charge in [-0.05, 0) is 36.4 Å². The molecule has 0 radical (unpaired) electrons. The van der Waals surface area contributed by atoms with Gasteiger partial charge in [-0.2, -0.15) is 0 Å². The van der Waals surface area contributed by atoms with E-state index >= 15 is 0 Å². The van der Waals surface area contributed by atoms with E-state index in [1.807, 2.05) is 6.07 Å². The molecule has 30 heavy (non-hydrogen) atoms. The van der Waals surface area contributed by atoms with Gasteiger partial charge in [0, 0.05) is 11.1 Å². The molecule has 2 aromatic heterocycles. The van der Waals surface area contributed by atoms with Gasteiger partial charge in [-0.1, -0.05) is 36.4 Å². The molecule has 4 aromatic rings. The number of anilines is 1. The Labute approximate surface area is 171 Å². The lowest BCUT2D eigenvalue weighted by Gasteiger charge is -2.21. The number of rotatable bonds is 6. The van der Waals surface area contributed by atoms with Gasteiger partial charge in [0.05, 0.1) is 12.8 Å². The predicted octanol–water partition coefficient (Wildman–Crippen LogP) is 3.67. The molecule has 4 rings (SSSR count). The summed E-state index contributed by atoms with van der Waals surface area (Å²) in [4.78, 5) is 39.4. The average Bonchev–Trinajstić information content (AvgIpc) is 3.26. The zero-order valence-electron chi connectivity index (χ0n) is 15.9. The second kappa shape index (κ2) is 8.48. The molecular weight excluding hydrogens is 384 g/mol. The lowest BCUT2D eigenvalue weighted by atomic mass is 10.1. The van der Waals surface area contributed by atoms with E-state index in [2.05, 4.69) is 5.32 Å². The molecule has 1 N–H and O–H groups in total. The van der Waals surface area contributed by atoms with Crippen LogP contribution in [-0.4, -0.2) is 23.3 Å². The summed E-state index contributed by atoms with van der Waals surface area (Å²) in [7, 11) is 0. The molecule has 0 bridgehead atoms. The van der Waals surface area contributed by atoms with Crippen molar-refractivity contribution in [1.29, 1.82) is 0 Å². The van der Waals surface area contributed by atoms with Crippen molar-refractivity contribution in [2.24, 2.45) is 0 Å². The SMILES string of the molecule is O=C(CN(Cc1ccco1)C(=O)c1cc2ccccc2oc1=O)Nc1ccccc1. The number of carbonyl (C=O) groups excluding carboxylic acids is 2. The van der Waals surface area contributed by atoms with Crippen LogP contribution in [0.1, 0.15) is 16.1 Å². The van der Waals surface area contributed by atoms with Crippen molar-refractivity contribution in [2.75, 3.05) is 11.9 Å². The maximum absolute atomic E-state index is 13.2. The molecular formula is C23H18N2O5. The maximum atomic E-state index is 13.2. The fourth-order valence-corrected chi connectivity index (χ4v) is 3.07. The van der Waals surface area contributed by atoms with E-state index in [-0.39, 0.29) is 18.7 Å². The first kappa shape index (κ1) is 19.2. The van der Waals surface area contributed by atoms with Crippen LogP contribution in [0.15, 0.2) is 92.7 Å². The minimum Gasteiger partial charge on any atom is -0.467 e. The minimum atomic E-state index is -0.758. The Morgan fingerprint density at radius 1 is 0.933 bits per heavy atom. The molecule has 0 atom stereocenters. The molecule has 2 heterocycles. The van der Waals surface area contributed by atoms with Crippen LogP contribution in [-0.2, 0) is 11.3 Å². The third kappa shape index (κ3) is 4.30. The normalized spacial score (nSPS) is 10.7. The second-order valence-electron chi connectivity index (χ2n) is 6.64. The Morgan fingerprint density at radius 2 is 1.70 bits per heavy atom. The predicted molar refractivity (Wildman–Crippen MR) is 111 cm³/mol. The fraction of sp³-hybridized carbons (Fsp3) is 0.0870. The van der Waals surface area contributed by atoms with E-state index in [1.165, 1.54) is 17.2 Å². The first-order chi connectivity index (χ1) is 14.6. The largest absolute Gasteiger partial charge is 0.467 e. The highest BCUT2D eigenvalue weighted by Crippen LogP contribution is 2.15. The van der Waals surface area contributed by atoms with Gasteiger partial charge in [0.2, 0.25) is 5.91 Å². The van der Waals surface area contributed by atoms with E-state index in [9.17, 15) is 14.4 Å². The number of hydrogen-bond acceptors (Lipinski definition) is 5. The van der Waals surface area contributed by atoms with Crippen LogP contribution in [0.4, 0.5) is 5.69 Å². The zero-order valence-corrected chi connectivity index (χ0v) is 15.9. The Hall–Kier alpha value is -4.13. The molecule has 0 unspecified atom stereocenters. The number of furan rings is 1. The van der Waals surface area contributed by atoms with E-state index < -0.39 is 17.4 Å². The maximum Gasteiger partial charge on any atom is 0.349 e. The molecule has 0 fully saturated rings. The van der Waals surface area contributed by atoms with Crippen LogP contribution in [0.5, 0.6) is 0 Å². The van der Waals surface area contributed by atoms with Gasteiger partial charge in [0.25, 0.3) is 5.91 Å². The van der Waals surface area contributed by atoms with Gasteiger partial charge in [0.15, 0.2) is 0 Å². The highest BCUT2D eigenvalue weighted by Gasteiger charge is 2.24. The van der Waals surface area contributed by atoms with Gasteiger partial charge in [-0.3, -0.25) is 9.59 Å². The summed E-state index contributed by atoms with van der Waals surface area (Å²) in [5, 5.41) is 3.36. The molecule has 7 heteroatoms. The monoisotopic (exact) mass is 402 g/mol. The van der Waals surface area contributed by atoms with Gasteiger partial charge in [-0.15, -0.1) is 0 Å². The molecule has 0 aliphatic rings. The zero-order chi connectivity index (χ0) is 20.9. The lowest BCUT2D eigenvalue weighted by molar-refractivity contribution is -0.117. The van der Waals surface area contributed by atoms with E-state index in [0.29, 0.717) is 22.4 Å². The number of hydrogen-bond donors (Lipinski definition) is 1. The van der Waals surface area contributed by atoms with Crippen molar-refractivity contribution in [3.63, 3.8) is 0 Å². The standard InChI is InChI=1S/C23H18N2O5/c26-21(24-17-8-2-1-3-9-17)15-25(14-18-10-6-12-29-18)22(27)19-13-16-7-4-5-11-20(16)30-23(19)28/h1-13H,14-15H2,(H,24,26). The van der Waals surface area contributed by atoms with Crippen molar-refractivity contribution >= 4 is 28.5 Å². The third-order valence-electron chi connectivity index (χ3n) is 4.48. The summed E-state index contributed by atoms with van der Waals surface area (Å²) < 4.78 is 10.6. The molecule has 0 spiro atoms. The summed E-state index contributed by atoms with van der Waals surface area (Å²) in [5.74, 6) is -0.526. The van der Waals surface area contributed by atoms with Crippen molar-refractivity contribution < 1.29 is 18.4 Å². The van der Waals surface area contributed by atoms with Crippen LogP contribution in [0.3, 0.4) is 0 Å². The van der Waals surface area contributed by atoms with Crippen LogP contribution in [0, 0.1) is 0 Å². The lowest BCUT2D eigenvalue weighted by Crippen LogP contribution is -2.39. The number of benzene rings is 2. The number of nitrogens with one attached hydrogen (secondary N) is 1. The Balaban J connectivity index is 1.62. The molecule has 0 saturated heterocycles. The van der Waals surface area contributed by atoms with Gasteiger partial charge in [-0.25, -0.2) is 4.79 Å². The Kier molecular flexibility index (Phi) is 5.43. The molecule has 0 aliphatic carbocycles. The van der Waals surface area contributed by atoms with Gasteiger partial charge in [0.1, 0.15) is 23.5 Å². The Bertz CT molecular complexity index is 1230. The first-order valence-electron chi connectivity index (χ1n) is 9.29. The number of carbonyl (C=O) groups is 2. The van der Waals surface area contributed by atoms with E-state index in [0.717, 1.165) is 0 Å². The topological polar surface area (TPSA) is 92.8 Å². The molecule has 7 nitrogen and oxygen atoms in total. The number of nitrogens with zero attached hydrogens (tertiary/aromatic N) is 1. The molecule has 0 aliphatic heterocycles. The number of amides is 2. The Morgan fingerprint density at radius 3 is 2.47 bits per heavy atom. The smallest absolute Gasteiger partial charge is 0.349 e. The number of fused-ring (bicyclic) bond motifs is 1. The highest BCUT2D eigenvalue weighted by atomic mass is 16.4. The molecule has 0 saturated carbocycles. The molecule has 2 amide bonds. The minimum absolute atomic E-state index is 0.0281. The molecule has 2 aromatic carbocycles.